The number of rotatable bonds is 4. The van der Waals surface area contributed by atoms with Gasteiger partial charge in [0.2, 0.25) is 0 Å². The number of aromatic carboxylic acids is 1. The predicted octanol–water partition coefficient (Wildman–Crippen LogP) is 3.41. The van der Waals surface area contributed by atoms with Gasteiger partial charge < -0.3 is 5.11 Å². The Bertz CT molecular complexity index is 607. The maximum absolute atomic E-state index is 12.1. The summed E-state index contributed by atoms with van der Waals surface area (Å²) in [5, 5.41) is 8.87. The molecule has 2 rings (SSSR count). The summed E-state index contributed by atoms with van der Waals surface area (Å²) in [5.41, 5.74) is 0.144. The van der Waals surface area contributed by atoms with Crippen LogP contribution >= 0.6 is 22.9 Å². The molecule has 0 radical (unpaired) electrons. The Balaban J connectivity index is 2.18. The van der Waals surface area contributed by atoms with Crippen molar-refractivity contribution in [3.8, 4) is 0 Å². The third-order valence-corrected chi connectivity index (χ3v) is 5.01. The standard InChI is InChI=1S/C12H9ClO3S2/c13-11-5-4-9(17-11)7-18(16)10-3-1-2-8(6-10)12(14)15/h1-6H,7H2,(H,14,15). The molecular weight excluding hydrogens is 292 g/mol. The Labute approximate surface area is 115 Å². The molecule has 1 aromatic heterocycles. The first-order valence-corrected chi connectivity index (χ1v) is 7.53. The van der Waals surface area contributed by atoms with Crippen LogP contribution in [0.15, 0.2) is 41.3 Å². The highest BCUT2D eigenvalue weighted by molar-refractivity contribution is 7.84. The molecule has 0 aliphatic heterocycles. The summed E-state index contributed by atoms with van der Waals surface area (Å²) in [6.07, 6.45) is 0. The summed E-state index contributed by atoms with van der Waals surface area (Å²) in [6, 6.07) is 9.76. The van der Waals surface area contributed by atoms with Gasteiger partial charge >= 0.3 is 5.97 Å². The molecule has 0 aliphatic carbocycles. The molecule has 0 saturated carbocycles. The second-order valence-corrected chi connectivity index (χ2v) is 6.78. The highest BCUT2D eigenvalue weighted by atomic mass is 35.5. The lowest BCUT2D eigenvalue weighted by molar-refractivity contribution is 0.0696. The molecule has 1 unspecified atom stereocenters. The van der Waals surface area contributed by atoms with Gasteiger partial charge in [-0.05, 0) is 30.3 Å². The minimum Gasteiger partial charge on any atom is -0.478 e. The van der Waals surface area contributed by atoms with Crippen molar-refractivity contribution in [3.05, 3.63) is 51.2 Å². The zero-order valence-corrected chi connectivity index (χ0v) is 11.5. The molecule has 0 amide bonds. The molecule has 1 N–H and O–H groups in total. The minimum atomic E-state index is -1.26. The molecule has 0 bridgehead atoms. The van der Waals surface area contributed by atoms with Crippen LogP contribution in [0.5, 0.6) is 0 Å². The van der Waals surface area contributed by atoms with E-state index in [9.17, 15) is 9.00 Å². The quantitative estimate of drug-likeness (QED) is 0.941. The van der Waals surface area contributed by atoms with Crippen molar-refractivity contribution in [2.45, 2.75) is 10.6 Å². The molecule has 1 atom stereocenters. The fourth-order valence-electron chi connectivity index (χ4n) is 1.41. The molecule has 3 nitrogen and oxygen atoms in total. The highest BCUT2D eigenvalue weighted by Gasteiger charge is 2.10. The van der Waals surface area contributed by atoms with E-state index in [-0.39, 0.29) is 5.56 Å². The van der Waals surface area contributed by atoms with Gasteiger partial charge in [-0.3, -0.25) is 4.21 Å². The van der Waals surface area contributed by atoms with Crippen molar-refractivity contribution in [2.75, 3.05) is 0 Å². The zero-order chi connectivity index (χ0) is 13.1. The summed E-state index contributed by atoms with van der Waals surface area (Å²) >= 11 is 7.18. The van der Waals surface area contributed by atoms with E-state index in [0.717, 1.165) is 4.88 Å². The van der Waals surface area contributed by atoms with E-state index < -0.39 is 16.8 Å². The van der Waals surface area contributed by atoms with Gasteiger partial charge in [0.05, 0.1) is 26.5 Å². The summed E-state index contributed by atoms with van der Waals surface area (Å²) in [5.74, 6) is -0.673. The van der Waals surface area contributed by atoms with Gasteiger partial charge in [-0.1, -0.05) is 17.7 Å². The predicted molar refractivity (Wildman–Crippen MR) is 72.8 cm³/mol. The van der Waals surface area contributed by atoms with E-state index in [0.29, 0.717) is 15.0 Å². The topological polar surface area (TPSA) is 54.4 Å². The number of thiophene rings is 1. The molecule has 6 heteroatoms. The van der Waals surface area contributed by atoms with Gasteiger partial charge in [0.1, 0.15) is 0 Å². The average Bonchev–Trinajstić information content (AvgIpc) is 2.75. The molecule has 18 heavy (non-hydrogen) atoms. The second-order valence-electron chi connectivity index (χ2n) is 3.53. The lowest BCUT2D eigenvalue weighted by Crippen LogP contribution is -2.00. The molecule has 2 aromatic rings. The van der Waals surface area contributed by atoms with E-state index >= 15 is 0 Å². The van der Waals surface area contributed by atoms with E-state index in [1.54, 1.807) is 18.2 Å². The fraction of sp³-hybridized carbons (Fsp3) is 0.0833. The maximum atomic E-state index is 12.1. The number of carboxylic acid groups (broad SMARTS) is 1. The van der Waals surface area contributed by atoms with Gasteiger partial charge in [0.15, 0.2) is 0 Å². The summed E-state index contributed by atoms with van der Waals surface area (Å²) < 4.78 is 12.7. The van der Waals surface area contributed by atoms with Crippen LogP contribution in [0.1, 0.15) is 15.2 Å². The maximum Gasteiger partial charge on any atom is 0.335 e. The molecule has 0 saturated heterocycles. The largest absolute Gasteiger partial charge is 0.478 e. The molecule has 0 spiro atoms. The average molecular weight is 301 g/mol. The number of carbonyl (C=O) groups is 1. The Morgan fingerprint density at radius 1 is 1.33 bits per heavy atom. The Hall–Kier alpha value is -1.17. The van der Waals surface area contributed by atoms with Crippen molar-refractivity contribution < 1.29 is 14.1 Å². The summed E-state index contributed by atoms with van der Waals surface area (Å²) in [4.78, 5) is 12.3. The number of halogens is 1. The Morgan fingerprint density at radius 2 is 2.11 bits per heavy atom. The molecule has 94 valence electrons. The molecule has 1 heterocycles. The second kappa shape index (κ2) is 5.65. The normalized spacial score (nSPS) is 12.3. The highest BCUT2D eigenvalue weighted by Crippen LogP contribution is 2.24. The van der Waals surface area contributed by atoms with Crippen molar-refractivity contribution in [1.29, 1.82) is 0 Å². The van der Waals surface area contributed by atoms with Crippen molar-refractivity contribution in [1.82, 2.24) is 0 Å². The zero-order valence-electron chi connectivity index (χ0n) is 9.13. The molecule has 1 aromatic carbocycles. The Kier molecular flexibility index (Phi) is 4.16. The minimum absolute atomic E-state index is 0.144. The van der Waals surface area contributed by atoms with E-state index in [2.05, 4.69) is 0 Å². The van der Waals surface area contributed by atoms with Crippen molar-refractivity contribution in [2.24, 2.45) is 0 Å². The van der Waals surface area contributed by atoms with E-state index in [4.69, 9.17) is 16.7 Å². The van der Waals surface area contributed by atoms with Crippen molar-refractivity contribution >= 4 is 39.7 Å². The Morgan fingerprint density at radius 3 is 2.72 bits per heavy atom. The lowest BCUT2D eigenvalue weighted by Gasteiger charge is -2.02. The van der Waals surface area contributed by atoms with Crippen LogP contribution in [-0.4, -0.2) is 15.3 Å². The smallest absolute Gasteiger partial charge is 0.335 e. The molecular formula is C12H9ClO3S2. The summed E-state index contributed by atoms with van der Waals surface area (Å²) in [6.45, 7) is 0. The van der Waals surface area contributed by atoms with E-state index in [1.165, 1.54) is 23.5 Å². The SMILES string of the molecule is O=C(O)c1cccc(S(=O)Cc2ccc(Cl)s2)c1. The van der Waals surface area contributed by atoms with Crippen LogP contribution in [0.4, 0.5) is 0 Å². The summed E-state index contributed by atoms with van der Waals surface area (Å²) in [7, 11) is -1.26. The van der Waals surface area contributed by atoms with Crippen LogP contribution in [0.25, 0.3) is 0 Å². The first-order valence-electron chi connectivity index (χ1n) is 5.02. The van der Waals surface area contributed by atoms with Crippen LogP contribution in [0, 0.1) is 0 Å². The van der Waals surface area contributed by atoms with Crippen LogP contribution < -0.4 is 0 Å². The molecule has 0 aliphatic rings. The first kappa shape index (κ1) is 13.3. The number of hydrogen-bond donors (Lipinski definition) is 1. The third-order valence-electron chi connectivity index (χ3n) is 2.25. The monoisotopic (exact) mass is 300 g/mol. The van der Waals surface area contributed by atoms with Crippen LogP contribution in [0.2, 0.25) is 4.34 Å². The number of benzene rings is 1. The fourth-order valence-corrected chi connectivity index (χ4v) is 3.86. The van der Waals surface area contributed by atoms with Crippen molar-refractivity contribution in [3.63, 3.8) is 0 Å². The number of hydrogen-bond acceptors (Lipinski definition) is 3. The lowest BCUT2D eigenvalue weighted by atomic mass is 10.2. The number of carboxylic acids is 1. The van der Waals surface area contributed by atoms with Gasteiger partial charge in [0.25, 0.3) is 0 Å². The third kappa shape index (κ3) is 3.19. The van der Waals surface area contributed by atoms with Crippen LogP contribution in [0.3, 0.4) is 0 Å². The molecule has 0 fully saturated rings. The van der Waals surface area contributed by atoms with Gasteiger partial charge in [-0.25, -0.2) is 4.79 Å². The van der Waals surface area contributed by atoms with Gasteiger partial charge in [-0.2, -0.15) is 0 Å². The van der Waals surface area contributed by atoms with Crippen LogP contribution in [-0.2, 0) is 16.6 Å². The van der Waals surface area contributed by atoms with E-state index in [1.807, 2.05) is 6.07 Å². The van der Waals surface area contributed by atoms with Gasteiger partial charge in [-0.15, -0.1) is 11.3 Å². The first-order chi connectivity index (χ1) is 8.56. The van der Waals surface area contributed by atoms with Gasteiger partial charge in [0, 0.05) is 9.77 Å².